The van der Waals surface area contributed by atoms with E-state index in [1.165, 1.54) is 6.92 Å². The van der Waals surface area contributed by atoms with E-state index in [-0.39, 0.29) is 5.75 Å². The fourth-order valence-electron chi connectivity index (χ4n) is 0.922. The molecule has 1 fully saturated rings. The van der Waals surface area contributed by atoms with Crippen LogP contribution in [0.1, 0.15) is 6.92 Å². The third kappa shape index (κ3) is 1.54. The zero-order valence-electron chi connectivity index (χ0n) is 6.40. The van der Waals surface area contributed by atoms with Gasteiger partial charge in [-0.2, -0.15) is 0 Å². The first kappa shape index (κ1) is 9.34. The summed E-state index contributed by atoms with van der Waals surface area (Å²) in [6.07, 6.45) is 0. The van der Waals surface area contributed by atoms with Crippen LogP contribution in [-0.2, 0) is 9.59 Å². The summed E-state index contributed by atoms with van der Waals surface area (Å²) in [5.74, 6) is -1.75. The second kappa shape index (κ2) is 2.95. The Hall–Kier alpha value is -0.750. The van der Waals surface area contributed by atoms with Gasteiger partial charge in [-0.25, -0.2) is 4.79 Å². The molecule has 3 N–H and O–H groups in total. The summed E-state index contributed by atoms with van der Waals surface area (Å²) < 4.78 is 0. The molecule has 1 heterocycles. The molecule has 1 unspecified atom stereocenters. The van der Waals surface area contributed by atoms with Crippen LogP contribution in [0.4, 0.5) is 0 Å². The Morgan fingerprint density at radius 3 is 2.42 bits per heavy atom. The number of rotatable bonds is 2. The predicted molar refractivity (Wildman–Crippen MR) is 43.1 cm³/mol. The van der Waals surface area contributed by atoms with Crippen LogP contribution in [0.2, 0.25) is 0 Å². The minimum absolute atomic E-state index is 0.290. The predicted octanol–water partition coefficient (Wildman–Crippen LogP) is -0.423. The maximum absolute atomic E-state index is 10.6. The average molecular weight is 191 g/mol. The summed E-state index contributed by atoms with van der Waals surface area (Å²) in [6, 6.07) is -0.754. The summed E-state index contributed by atoms with van der Waals surface area (Å²) in [6.45, 7) is 1.46. The average Bonchev–Trinajstić information content (AvgIpc) is 2.33. The van der Waals surface area contributed by atoms with E-state index in [0.717, 1.165) is 11.8 Å². The van der Waals surface area contributed by atoms with E-state index in [1.807, 2.05) is 0 Å². The lowest BCUT2D eigenvalue weighted by Gasteiger charge is -2.17. The number of carbonyl (C=O) groups is 2. The fraction of sp³-hybridized carbons (Fsp3) is 0.667. The van der Waals surface area contributed by atoms with Crippen LogP contribution in [0.15, 0.2) is 0 Å². The molecule has 12 heavy (non-hydrogen) atoms. The smallest absolute Gasteiger partial charge is 0.334 e. The number of thioether (sulfide) groups is 1. The molecule has 0 amide bonds. The molecule has 5 nitrogen and oxygen atoms in total. The van der Waals surface area contributed by atoms with E-state index in [2.05, 4.69) is 5.32 Å². The Balaban J connectivity index is 2.67. The largest absolute Gasteiger partial charge is 0.480 e. The third-order valence-corrected chi connectivity index (χ3v) is 3.06. The van der Waals surface area contributed by atoms with Crippen molar-refractivity contribution >= 4 is 23.7 Å². The summed E-state index contributed by atoms with van der Waals surface area (Å²) in [5.41, 5.74) is 0. The molecule has 1 aliphatic rings. The van der Waals surface area contributed by atoms with Crippen molar-refractivity contribution in [2.24, 2.45) is 0 Å². The quantitative estimate of drug-likeness (QED) is 0.549. The third-order valence-electron chi connectivity index (χ3n) is 1.69. The molecule has 0 aromatic rings. The van der Waals surface area contributed by atoms with E-state index in [4.69, 9.17) is 10.2 Å². The van der Waals surface area contributed by atoms with Gasteiger partial charge < -0.3 is 10.2 Å². The first-order chi connectivity index (χ1) is 5.46. The van der Waals surface area contributed by atoms with Gasteiger partial charge in [-0.3, -0.25) is 10.1 Å². The van der Waals surface area contributed by atoms with Crippen molar-refractivity contribution in [3.8, 4) is 0 Å². The SMILES string of the molecule is CC1(C(=O)O)N[C@H](C(=O)O)CS1. The first-order valence-electron chi connectivity index (χ1n) is 3.33. The van der Waals surface area contributed by atoms with E-state index >= 15 is 0 Å². The lowest BCUT2D eigenvalue weighted by molar-refractivity contribution is -0.142. The van der Waals surface area contributed by atoms with Crippen LogP contribution in [0.3, 0.4) is 0 Å². The monoisotopic (exact) mass is 191 g/mol. The van der Waals surface area contributed by atoms with Gasteiger partial charge in [0, 0.05) is 5.75 Å². The van der Waals surface area contributed by atoms with Crippen LogP contribution in [-0.4, -0.2) is 38.8 Å². The number of carboxylic acids is 2. The zero-order valence-corrected chi connectivity index (χ0v) is 7.22. The van der Waals surface area contributed by atoms with Gasteiger partial charge in [0.25, 0.3) is 0 Å². The summed E-state index contributed by atoms with van der Waals surface area (Å²) >= 11 is 1.10. The molecule has 0 spiro atoms. The fourth-order valence-corrected chi connectivity index (χ4v) is 2.00. The van der Waals surface area contributed by atoms with Gasteiger partial charge in [0.05, 0.1) is 0 Å². The Morgan fingerprint density at radius 2 is 2.17 bits per heavy atom. The van der Waals surface area contributed by atoms with E-state index in [1.54, 1.807) is 0 Å². The normalized spacial score (nSPS) is 34.9. The van der Waals surface area contributed by atoms with Crippen molar-refractivity contribution in [1.29, 1.82) is 0 Å². The topological polar surface area (TPSA) is 86.6 Å². The van der Waals surface area contributed by atoms with Crippen molar-refractivity contribution in [2.45, 2.75) is 17.8 Å². The maximum atomic E-state index is 10.6. The van der Waals surface area contributed by atoms with Crippen LogP contribution in [0.5, 0.6) is 0 Å². The number of nitrogens with one attached hydrogen (secondary N) is 1. The molecule has 0 saturated carbocycles. The van der Waals surface area contributed by atoms with Crippen molar-refractivity contribution < 1.29 is 19.8 Å². The van der Waals surface area contributed by atoms with Gasteiger partial charge in [0.1, 0.15) is 6.04 Å². The molecule has 2 atom stereocenters. The molecule has 0 aliphatic carbocycles. The van der Waals surface area contributed by atoms with Gasteiger partial charge in [-0.15, -0.1) is 11.8 Å². The standard InChI is InChI=1S/C6H9NO4S/c1-6(5(10)11)7-3(2-12-6)4(8)9/h3,7H,2H2,1H3,(H,8,9)(H,10,11)/t3-,6?/m0/s1. The van der Waals surface area contributed by atoms with Gasteiger partial charge in [0.15, 0.2) is 4.87 Å². The highest BCUT2D eigenvalue weighted by atomic mass is 32.2. The molecule has 1 rings (SSSR count). The summed E-state index contributed by atoms with van der Waals surface area (Å²) in [5, 5.41) is 19.8. The summed E-state index contributed by atoms with van der Waals surface area (Å²) in [4.78, 5) is 19.9. The van der Waals surface area contributed by atoms with E-state index in [0.29, 0.717) is 0 Å². The van der Waals surface area contributed by atoms with E-state index < -0.39 is 22.9 Å². The highest BCUT2D eigenvalue weighted by Gasteiger charge is 2.44. The Morgan fingerprint density at radius 1 is 1.58 bits per heavy atom. The lowest BCUT2D eigenvalue weighted by atomic mass is 10.2. The van der Waals surface area contributed by atoms with E-state index in [9.17, 15) is 9.59 Å². The van der Waals surface area contributed by atoms with Crippen LogP contribution in [0, 0.1) is 0 Å². The van der Waals surface area contributed by atoms with Gasteiger partial charge in [-0.05, 0) is 6.92 Å². The van der Waals surface area contributed by atoms with Crippen LogP contribution in [0.25, 0.3) is 0 Å². The van der Waals surface area contributed by atoms with Crippen molar-refractivity contribution in [2.75, 3.05) is 5.75 Å². The van der Waals surface area contributed by atoms with Gasteiger partial charge in [-0.1, -0.05) is 0 Å². The Bertz CT molecular complexity index is 232. The highest BCUT2D eigenvalue weighted by molar-refractivity contribution is 8.01. The first-order valence-corrected chi connectivity index (χ1v) is 4.32. The van der Waals surface area contributed by atoms with Crippen molar-refractivity contribution in [3.63, 3.8) is 0 Å². The Kier molecular flexibility index (Phi) is 2.29. The number of hydrogen-bond donors (Lipinski definition) is 3. The van der Waals surface area contributed by atoms with Crippen LogP contribution < -0.4 is 5.32 Å². The number of aliphatic carboxylic acids is 2. The molecule has 68 valence electrons. The molecule has 1 aliphatic heterocycles. The molecule has 0 bridgehead atoms. The molecular weight excluding hydrogens is 182 g/mol. The lowest BCUT2D eigenvalue weighted by Crippen LogP contribution is -2.48. The number of hydrogen-bond acceptors (Lipinski definition) is 4. The van der Waals surface area contributed by atoms with Crippen LogP contribution >= 0.6 is 11.8 Å². The molecule has 1 saturated heterocycles. The maximum Gasteiger partial charge on any atom is 0.334 e. The Labute approximate surface area is 73.1 Å². The van der Waals surface area contributed by atoms with Crippen molar-refractivity contribution in [1.82, 2.24) is 5.32 Å². The minimum atomic E-state index is -1.15. The van der Waals surface area contributed by atoms with Gasteiger partial charge >= 0.3 is 11.9 Å². The highest BCUT2D eigenvalue weighted by Crippen LogP contribution is 2.30. The minimum Gasteiger partial charge on any atom is -0.480 e. The second-order valence-corrected chi connectivity index (χ2v) is 4.12. The zero-order chi connectivity index (χ0) is 9.35. The molecule has 6 heteroatoms. The second-order valence-electron chi connectivity index (χ2n) is 2.68. The molecule has 0 aromatic carbocycles. The number of carboxylic acid groups (broad SMARTS) is 2. The molecule has 0 aromatic heterocycles. The van der Waals surface area contributed by atoms with Gasteiger partial charge in [0.2, 0.25) is 0 Å². The summed E-state index contributed by atoms with van der Waals surface area (Å²) in [7, 11) is 0. The van der Waals surface area contributed by atoms with Crippen molar-refractivity contribution in [3.05, 3.63) is 0 Å². The molecular formula is C6H9NO4S. The molecule has 0 radical (unpaired) electrons.